The van der Waals surface area contributed by atoms with Gasteiger partial charge in [0.25, 0.3) is 0 Å². The maximum absolute atomic E-state index is 12.8. The summed E-state index contributed by atoms with van der Waals surface area (Å²) in [7, 11) is 0. The highest BCUT2D eigenvalue weighted by atomic mass is 16.5. The van der Waals surface area contributed by atoms with Crippen LogP contribution in [-0.2, 0) is 22.6 Å². The van der Waals surface area contributed by atoms with Crippen LogP contribution >= 0.6 is 0 Å². The van der Waals surface area contributed by atoms with Gasteiger partial charge in [0.1, 0.15) is 6.54 Å². The number of amides is 1. The molecule has 3 aromatic rings. The zero-order valence-corrected chi connectivity index (χ0v) is 13.4. The summed E-state index contributed by atoms with van der Waals surface area (Å²) in [5.41, 5.74) is 8.71. The fourth-order valence-corrected chi connectivity index (χ4v) is 3.43. The summed E-state index contributed by atoms with van der Waals surface area (Å²) in [6.07, 6.45) is 1.78. The Kier molecular flexibility index (Phi) is 3.92. The number of rotatable bonds is 3. The molecule has 1 amide bonds. The lowest BCUT2D eigenvalue weighted by molar-refractivity contribution is -0.135. The van der Waals surface area contributed by atoms with Gasteiger partial charge in [-0.1, -0.05) is 18.2 Å². The topological polar surface area (TPSA) is 73.4 Å². The Morgan fingerprint density at radius 1 is 1.17 bits per heavy atom. The van der Waals surface area contributed by atoms with Crippen LogP contribution in [0.25, 0.3) is 21.8 Å². The lowest BCUT2D eigenvalue weighted by Gasteiger charge is -2.27. The standard InChI is InChI=1S/C18H20N4O2/c19-11-15-18-14(5-6-20-15)13-3-1-2-4-16(13)22(18)12-17(23)21-7-9-24-10-8-21/h1-6H,7-12,19H2. The number of carbonyl (C=O) groups is 1. The van der Waals surface area contributed by atoms with Crippen molar-refractivity contribution in [2.45, 2.75) is 13.1 Å². The van der Waals surface area contributed by atoms with E-state index in [4.69, 9.17) is 10.5 Å². The van der Waals surface area contributed by atoms with E-state index in [0.717, 1.165) is 27.5 Å². The second kappa shape index (κ2) is 6.22. The Morgan fingerprint density at radius 2 is 1.96 bits per heavy atom. The van der Waals surface area contributed by atoms with Gasteiger partial charge in [0.05, 0.1) is 24.4 Å². The molecule has 1 fully saturated rings. The summed E-state index contributed by atoms with van der Waals surface area (Å²) >= 11 is 0. The first-order valence-corrected chi connectivity index (χ1v) is 8.20. The van der Waals surface area contributed by atoms with Crippen LogP contribution in [0.2, 0.25) is 0 Å². The molecular formula is C18H20N4O2. The fraction of sp³-hybridized carbons (Fsp3) is 0.333. The van der Waals surface area contributed by atoms with Crippen LogP contribution in [0.15, 0.2) is 36.5 Å². The number of carbonyl (C=O) groups excluding carboxylic acids is 1. The molecule has 0 spiro atoms. The van der Waals surface area contributed by atoms with Crippen molar-refractivity contribution in [2.24, 2.45) is 5.73 Å². The van der Waals surface area contributed by atoms with Crippen LogP contribution in [-0.4, -0.2) is 46.7 Å². The fourth-order valence-electron chi connectivity index (χ4n) is 3.43. The maximum Gasteiger partial charge on any atom is 0.242 e. The molecule has 0 aliphatic carbocycles. The number of hydrogen-bond donors (Lipinski definition) is 1. The zero-order valence-electron chi connectivity index (χ0n) is 13.4. The summed E-state index contributed by atoms with van der Waals surface area (Å²) in [5.74, 6) is 0.104. The highest BCUT2D eigenvalue weighted by molar-refractivity contribution is 6.09. The number of fused-ring (bicyclic) bond motifs is 3. The molecule has 3 heterocycles. The normalized spacial score (nSPS) is 15.3. The van der Waals surface area contributed by atoms with Crippen molar-refractivity contribution in [3.63, 3.8) is 0 Å². The second-order valence-corrected chi connectivity index (χ2v) is 5.95. The first-order valence-electron chi connectivity index (χ1n) is 8.20. The van der Waals surface area contributed by atoms with Crippen LogP contribution < -0.4 is 5.73 Å². The molecule has 4 rings (SSSR count). The van der Waals surface area contributed by atoms with E-state index >= 15 is 0 Å². The average molecular weight is 324 g/mol. The monoisotopic (exact) mass is 324 g/mol. The SMILES string of the molecule is NCc1nccc2c3ccccc3n(CC(=O)N3CCOCC3)c12. The van der Waals surface area contributed by atoms with Gasteiger partial charge in [-0.3, -0.25) is 9.78 Å². The molecule has 0 saturated carbocycles. The van der Waals surface area contributed by atoms with E-state index in [1.165, 1.54) is 0 Å². The smallest absolute Gasteiger partial charge is 0.242 e. The van der Waals surface area contributed by atoms with E-state index in [-0.39, 0.29) is 5.91 Å². The van der Waals surface area contributed by atoms with Gasteiger partial charge in [-0.2, -0.15) is 0 Å². The molecular weight excluding hydrogens is 304 g/mol. The number of morpholine rings is 1. The summed E-state index contributed by atoms with van der Waals surface area (Å²) in [6.45, 7) is 3.15. The minimum Gasteiger partial charge on any atom is -0.378 e. The first kappa shape index (κ1) is 15.1. The Hall–Kier alpha value is -2.44. The number of nitrogens with two attached hydrogens (primary N) is 1. The third-order valence-electron chi connectivity index (χ3n) is 4.61. The van der Waals surface area contributed by atoms with E-state index in [1.807, 2.05) is 29.2 Å². The molecule has 6 heteroatoms. The van der Waals surface area contributed by atoms with Crippen LogP contribution in [0.4, 0.5) is 0 Å². The number of ether oxygens (including phenoxy) is 1. The molecule has 1 aromatic carbocycles. The predicted octanol–water partition coefficient (Wildman–Crippen LogP) is 1.51. The minimum absolute atomic E-state index is 0.104. The molecule has 24 heavy (non-hydrogen) atoms. The molecule has 1 saturated heterocycles. The molecule has 0 unspecified atom stereocenters. The highest BCUT2D eigenvalue weighted by Gasteiger charge is 2.20. The van der Waals surface area contributed by atoms with Gasteiger partial charge < -0.3 is 19.9 Å². The molecule has 2 N–H and O–H groups in total. The second-order valence-electron chi connectivity index (χ2n) is 5.95. The Balaban J connectivity index is 1.84. The molecule has 6 nitrogen and oxygen atoms in total. The number of nitrogens with zero attached hydrogens (tertiary/aromatic N) is 3. The van der Waals surface area contributed by atoms with Gasteiger partial charge in [-0.15, -0.1) is 0 Å². The highest BCUT2D eigenvalue weighted by Crippen LogP contribution is 2.30. The van der Waals surface area contributed by atoms with Crippen molar-refractivity contribution in [2.75, 3.05) is 26.3 Å². The van der Waals surface area contributed by atoms with Gasteiger partial charge in [-0.05, 0) is 12.1 Å². The maximum atomic E-state index is 12.8. The summed E-state index contributed by atoms with van der Waals surface area (Å²) in [6, 6.07) is 10.1. The molecule has 1 aliphatic heterocycles. The Labute approximate surface area is 139 Å². The molecule has 124 valence electrons. The van der Waals surface area contributed by atoms with Crippen molar-refractivity contribution < 1.29 is 9.53 Å². The molecule has 0 bridgehead atoms. The number of hydrogen-bond acceptors (Lipinski definition) is 4. The summed E-state index contributed by atoms with van der Waals surface area (Å²) in [4.78, 5) is 19.0. The molecule has 2 aromatic heterocycles. The molecule has 0 atom stereocenters. The quantitative estimate of drug-likeness (QED) is 0.792. The summed E-state index contributed by atoms with van der Waals surface area (Å²) < 4.78 is 7.39. The Bertz CT molecular complexity index is 897. The van der Waals surface area contributed by atoms with Crippen molar-refractivity contribution in [1.82, 2.24) is 14.5 Å². The number of aromatic nitrogens is 2. The largest absolute Gasteiger partial charge is 0.378 e. The van der Waals surface area contributed by atoms with Crippen molar-refractivity contribution in [1.29, 1.82) is 0 Å². The van der Waals surface area contributed by atoms with Crippen molar-refractivity contribution in [3.05, 3.63) is 42.2 Å². The molecule has 0 radical (unpaired) electrons. The van der Waals surface area contributed by atoms with Gasteiger partial charge in [0, 0.05) is 42.1 Å². The lowest BCUT2D eigenvalue weighted by Crippen LogP contribution is -2.42. The van der Waals surface area contributed by atoms with Gasteiger partial charge in [0.2, 0.25) is 5.91 Å². The number of benzene rings is 1. The first-order chi connectivity index (χ1) is 11.8. The number of para-hydroxylation sites is 1. The number of pyridine rings is 1. The van der Waals surface area contributed by atoms with Crippen molar-refractivity contribution in [3.8, 4) is 0 Å². The van der Waals surface area contributed by atoms with E-state index in [0.29, 0.717) is 39.4 Å². The van der Waals surface area contributed by atoms with Gasteiger partial charge in [-0.25, -0.2) is 0 Å². The lowest BCUT2D eigenvalue weighted by atomic mass is 10.1. The van der Waals surface area contributed by atoms with E-state index in [9.17, 15) is 4.79 Å². The average Bonchev–Trinajstić information content (AvgIpc) is 2.97. The third kappa shape index (κ3) is 2.44. The Morgan fingerprint density at radius 3 is 2.75 bits per heavy atom. The van der Waals surface area contributed by atoms with Crippen molar-refractivity contribution >= 4 is 27.7 Å². The van der Waals surface area contributed by atoms with Crippen LogP contribution in [0.1, 0.15) is 5.69 Å². The van der Waals surface area contributed by atoms with Gasteiger partial charge in [0.15, 0.2) is 0 Å². The summed E-state index contributed by atoms with van der Waals surface area (Å²) in [5, 5.41) is 2.22. The van der Waals surface area contributed by atoms with Crippen LogP contribution in [0, 0.1) is 0 Å². The van der Waals surface area contributed by atoms with E-state index in [2.05, 4.69) is 15.6 Å². The zero-order chi connectivity index (χ0) is 16.5. The van der Waals surface area contributed by atoms with Gasteiger partial charge >= 0.3 is 0 Å². The van der Waals surface area contributed by atoms with E-state index < -0.39 is 0 Å². The predicted molar refractivity (Wildman–Crippen MR) is 92.5 cm³/mol. The van der Waals surface area contributed by atoms with Crippen LogP contribution in [0.3, 0.4) is 0 Å². The minimum atomic E-state index is 0.104. The van der Waals surface area contributed by atoms with Crippen LogP contribution in [0.5, 0.6) is 0 Å². The van der Waals surface area contributed by atoms with E-state index in [1.54, 1.807) is 6.20 Å². The third-order valence-corrected chi connectivity index (χ3v) is 4.61. The molecule has 1 aliphatic rings.